The molecule has 2 aromatic carbocycles. The van der Waals surface area contributed by atoms with E-state index in [0.29, 0.717) is 51.0 Å². The van der Waals surface area contributed by atoms with Gasteiger partial charge in [0, 0.05) is 24.2 Å². The highest BCUT2D eigenvalue weighted by molar-refractivity contribution is 7.89. The second-order valence-corrected chi connectivity index (χ2v) is 8.90. The largest absolute Gasteiger partial charge is 0.490 e. The van der Waals surface area contributed by atoms with Crippen LogP contribution in [0, 0.1) is 6.92 Å². The molecule has 0 atom stereocenters. The fourth-order valence-corrected chi connectivity index (χ4v) is 4.70. The molecule has 4 rings (SSSR count). The molecule has 7 nitrogen and oxygen atoms in total. The molecule has 1 saturated heterocycles. The second kappa shape index (κ2) is 8.99. The van der Waals surface area contributed by atoms with E-state index in [1.807, 2.05) is 37.3 Å². The van der Waals surface area contributed by atoms with Gasteiger partial charge in [0.05, 0.1) is 18.1 Å². The molecule has 0 bridgehead atoms. The fourth-order valence-electron chi connectivity index (χ4n) is 3.29. The molecule has 158 valence electrons. The summed E-state index contributed by atoms with van der Waals surface area (Å²) in [4.78, 5) is 4.80. The third-order valence-electron chi connectivity index (χ3n) is 4.86. The smallest absolute Gasteiger partial charge is 0.243 e. The highest BCUT2D eigenvalue weighted by atomic mass is 32.2. The Labute approximate surface area is 176 Å². The number of benzene rings is 2. The summed E-state index contributed by atoms with van der Waals surface area (Å²) >= 11 is 0. The minimum Gasteiger partial charge on any atom is -0.490 e. The summed E-state index contributed by atoms with van der Waals surface area (Å²) in [5, 5.41) is 1.02. The van der Waals surface area contributed by atoms with Crippen molar-refractivity contribution in [3.8, 4) is 11.5 Å². The van der Waals surface area contributed by atoms with Crippen molar-refractivity contribution < 1.29 is 22.6 Å². The summed E-state index contributed by atoms with van der Waals surface area (Å²) in [5.41, 5.74) is 1.76. The molecule has 0 N–H and O–H groups in total. The lowest BCUT2D eigenvalue weighted by Crippen LogP contribution is -2.40. The Balaban J connectivity index is 1.33. The molecule has 1 aromatic heterocycles. The summed E-state index contributed by atoms with van der Waals surface area (Å²) in [7, 11) is -3.50. The van der Waals surface area contributed by atoms with Gasteiger partial charge in [-0.1, -0.05) is 18.2 Å². The van der Waals surface area contributed by atoms with Gasteiger partial charge in [0.2, 0.25) is 10.0 Å². The number of pyridine rings is 1. The Bertz CT molecular complexity index is 1110. The Hall–Kier alpha value is -2.68. The molecular weight excluding hydrogens is 404 g/mol. The topological polar surface area (TPSA) is 78.0 Å². The number of fused-ring (bicyclic) bond motifs is 1. The monoisotopic (exact) mass is 428 g/mol. The van der Waals surface area contributed by atoms with E-state index in [2.05, 4.69) is 4.98 Å². The van der Waals surface area contributed by atoms with E-state index in [1.165, 1.54) is 4.31 Å². The molecule has 0 radical (unpaired) electrons. The maximum Gasteiger partial charge on any atom is 0.243 e. The van der Waals surface area contributed by atoms with Crippen LogP contribution >= 0.6 is 0 Å². The summed E-state index contributed by atoms with van der Waals surface area (Å²) in [5.74, 6) is 1.30. The number of para-hydroxylation sites is 1. The van der Waals surface area contributed by atoms with Gasteiger partial charge in [-0.15, -0.1) is 0 Å². The standard InChI is InChI=1S/C22H24N2O5S/c1-17-5-6-18-3-2-4-21(22(18)23-17)29-16-15-28-19-7-9-20(10-8-19)30(25,26)24-11-13-27-14-12-24/h2-10H,11-16H2,1H3. The highest BCUT2D eigenvalue weighted by Gasteiger charge is 2.26. The lowest BCUT2D eigenvalue weighted by Gasteiger charge is -2.26. The zero-order valence-corrected chi connectivity index (χ0v) is 17.6. The highest BCUT2D eigenvalue weighted by Crippen LogP contribution is 2.24. The first kappa shape index (κ1) is 20.6. The molecule has 1 fully saturated rings. The molecule has 0 spiro atoms. The van der Waals surface area contributed by atoms with Crippen molar-refractivity contribution in [2.45, 2.75) is 11.8 Å². The molecular formula is C22H24N2O5S. The number of hydrogen-bond acceptors (Lipinski definition) is 6. The van der Waals surface area contributed by atoms with Gasteiger partial charge in [-0.05, 0) is 43.3 Å². The minimum atomic E-state index is -3.50. The average molecular weight is 429 g/mol. The van der Waals surface area contributed by atoms with E-state index >= 15 is 0 Å². The van der Waals surface area contributed by atoms with E-state index in [9.17, 15) is 8.42 Å². The van der Waals surface area contributed by atoms with Crippen LogP contribution in [-0.4, -0.2) is 57.2 Å². The summed E-state index contributed by atoms with van der Waals surface area (Å²) < 4.78 is 43.5. The maximum atomic E-state index is 12.7. The van der Waals surface area contributed by atoms with Gasteiger partial charge in [-0.2, -0.15) is 4.31 Å². The van der Waals surface area contributed by atoms with Crippen LogP contribution in [0.2, 0.25) is 0 Å². The van der Waals surface area contributed by atoms with E-state index in [4.69, 9.17) is 14.2 Å². The van der Waals surface area contributed by atoms with Crippen LogP contribution in [0.25, 0.3) is 10.9 Å². The summed E-state index contributed by atoms with van der Waals surface area (Å²) in [6.45, 7) is 4.22. The molecule has 8 heteroatoms. The minimum absolute atomic E-state index is 0.255. The van der Waals surface area contributed by atoms with Gasteiger partial charge in [0.15, 0.2) is 0 Å². The fraction of sp³-hybridized carbons (Fsp3) is 0.318. The van der Waals surface area contributed by atoms with Crippen molar-refractivity contribution in [3.05, 3.63) is 60.3 Å². The normalized spacial score (nSPS) is 15.2. The molecule has 1 aliphatic rings. The van der Waals surface area contributed by atoms with Crippen LogP contribution < -0.4 is 9.47 Å². The van der Waals surface area contributed by atoms with Crippen LogP contribution in [0.1, 0.15) is 5.69 Å². The Morgan fingerprint density at radius 1 is 0.967 bits per heavy atom. The number of aromatic nitrogens is 1. The number of nitrogens with zero attached hydrogens (tertiary/aromatic N) is 2. The van der Waals surface area contributed by atoms with Gasteiger partial charge in [-0.25, -0.2) is 13.4 Å². The van der Waals surface area contributed by atoms with Crippen LogP contribution in [0.4, 0.5) is 0 Å². The predicted molar refractivity (Wildman–Crippen MR) is 113 cm³/mol. The van der Waals surface area contributed by atoms with E-state index in [-0.39, 0.29) is 4.90 Å². The first-order chi connectivity index (χ1) is 14.5. The third kappa shape index (κ3) is 4.56. The quantitative estimate of drug-likeness (QED) is 0.539. The van der Waals surface area contributed by atoms with Gasteiger partial charge in [0.25, 0.3) is 0 Å². The number of sulfonamides is 1. The molecule has 30 heavy (non-hydrogen) atoms. The van der Waals surface area contributed by atoms with Crippen LogP contribution in [0.3, 0.4) is 0 Å². The zero-order valence-electron chi connectivity index (χ0n) is 16.8. The van der Waals surface area contributed by atoms with Crippen molar-refractivity contribution >= 4 is 20.9 Å². The molecule has 1 aliphatic heterocycles. The first-order valence-corrected chi connectivity index (χ1v) is 11.3. The van der Waals surface area contributed by atoms with Crippen molar-refractivity contribution in [3.63, 3.8) is 0 Å². The van der Waals surface area contributed by atoms with E-state index < -0.39 is 10.0 Å². The van der Waals surface area contributed by atoms with Gasteiger partial charge in [0.1, 0.15) is 30.2 Å². The number of ether oxygens (including phenoxy) is 3. The van der Waals surface area contributed by atoms with E-state index in [1.54, 1.807) is 24.3 Å². The predicted octanol–water partition coefficient (Wildman–Crippen LogP) is 3.02. The first-order valence-electron chi connectivity index (χ1n) is 9.84. The third-order valence-corrected chi connectivity index (χ3v) is 6.78. The van der Waals surface area contributed by atoms with Crippen LogP contribution in [0.15, 0.2) is 59.5 Å². The second-order valence-electron chi connectivity index (χ2n) is 6.97. The van der Waals surface area contributed by atoms with Crippen molar-refractivity contribution in [1.29, 1.82) is 0 Å². The van der Waals surface area contributed by atoms with Crippen LogP contribution in [-0.2, 0) is 14.8 Å². The Morgan fingerprint density at radius 2 is 1.70 bits per heavy atom. The number of rotatable bonds is 7. The average Bonchev–Trinajstić information content (AvgIpc) is 2.78. The van der Waals surface area contributed by atoms with Gasteiger partial charge < -0.3 is 14.2 Å². The van der Waals surface area contributed by atoms with Gasteiger partial charge in [-0.3, -0.25) is 0 Å². The molecule has 0 unspecified atom stereocenters. The van der Waals surface area contributed by atoms with Crippen LogP contribution in [0.5, 0.6) is 11.5 Å². The van der Waals surface area contributed by atoms with E-state index in [0.717, 1.165) is 16.6 Å². The zero-order chi connectivity index (χ0) is 21.0. The maximum absolute atomic E-state index is 12.7. The Kier molecular flexibility index (Phi) is 6.17. The van der Waals surface area contributed by atoms with Crippen molar-refractivity contribution in [2.24, 2.45) is 0 Å². The van der Waals surface area contributed by atoms with Crippen molar-refractivity contribution in [1.82, 2.24) is 9.29 Å². The molecule has 0 saturated carbocycles. The summed E-state index contributed by atoms with van der Waals surface area (Å²) in [6.07, 6.45) is 0. The number of aryl methyl sites for hydroxylation is 1. The molecule has 0 amide bonds. The SMILES string of the molecule is Cc1ccc2cccc(OCCOc3ccc(S(=O)(=O)N4CCOCC4)cc3)c2n1. The molecule has 0 aliphatic carbocycles. The Morgan fingerprint density at radius 3 is 2.47 bits per heavy atom. The number of hydrogen-bond donors (Lipinski definition) is 0. The lowest BCUT2D eigenvalue weighted by atomic mass is 10.2. The van der Waals surface area contributed by atoms with Gasteiger partial charge >= 0.3 is 0 Å². The molecule has 3 aromatic rings. The number of morpholine rings is 1. The molecule has 2 heterocycles. The summed E-state index contributed by atoms with van der Waals surface area (Å²) in [6, 6.07) is 16.3. The lowest BCUT2D eigenvalue weighted by molar-refractivity contribution is 0.0730. The van der Waals surface area contributed by atoms with Crippen molar-refractivity contribution in [2.75, 3.05) is 39.5 Å².